The van der Waals surface area contributed by atoms with Crippen LogP contribution in [0.1, 0.15) is 12.1 Å². The molecule has 3 nitrogen and oxygen atoms in total. The molecule has 0 radical (unpaired) electrons. The highest BCUT2D eigenvalue weighted by atomic mass is 32.1. The third-order valence-electron chi connectivity index (χ3n) is 2.66. The smallest absolute Gasteiger partial charge is 0.0794 e. The molecule has 1 saturated heterocycles. The molecule has 1 fully saturated rings. The fraction of sp³-hybridized carbons (Fsp3) is 0.667. The van der Waals surface area contributed by atoms with Gasteiger partial charge in [-0.05, 0) is 12.8 Å². The quantitative estimate of drug-likeness (QED) is 0.789. The summed E-state index contributed by atoms with van der Waals surface area (Å²) < 4.78 is 5.40. The van der Waals surface area contributed by atoms with Crippen molar-refractivity contribution in [3.8, 4) is 0 Å². The van der Waals surface area contributed by atoms with Gasteiger partial charge in [-0.3, -0.25) is 0 Å². The lowest BCUT2D eigenvalue weighted by atomic mass is 9.83. The van der Waals surface area contributed by atoms with Gasteiger partial charge < -0.3 is 10.5 Å². The van der Waals surface area contributed by atoms with Crippen molar-refractivity contribution in [2.75, 3.05) is 19.8 Å². The Morgan fingerprint density at radius 1 is 1.69 bits per heavy atom. The highest BCUT2D eigenvalue weighted by Crippen LogP contribution is 2.31. The summed E-state index contributed by atoms with van der Waals surface area (Å²) in [5, 5.41) is 2.09. The van der Waals surface area contributed by atoms with Crippen LogP contribution >= 0.6 is 11.3 Å². The van der Waals surface area contributed by atoms with Crippen LogP contribution in [0.4, 0.5) is 0 Å². The molecule has 1 aromatic heterocycles. The maximum absolute atomic E-state index is 5.78. The van der Waals surface area contributed by atoms with Crippen LogP contribution in [-0.2, 0) is 11.2 Å². The lowest BCUT2D eigenvalue weighted by Gasteiger charge is -2.23. The van der Waals surface area contributed by atoms with Gasteiger partial charge in [0.15, 0.2) is 0 Å². The van der Waals surface area contributed by atoms with Crippen molar-refractivity contribution in [2.24, 2.45) is 11.1 Å². The topological polar surface area (TPSA) is 48.1 Å². The molecule has 0 bridgehead atoms. The first-order valence-electron chi connectivity index (χ1n) is 4.50. The number of hydrogen-bond donors (Lipinski definition) is 1. The van der Waals surface area contributed by atoms with Crippen LogP contribution in [0.25, 0.3) is 0 Å². The minimum absolute atomic E-state index is 0.161. The fourth-order valence-corrected chi connectivity index (χ4v) is 2.29. The number of aromatic nitrogens is 1. The number of hydrogen-bond acceptors (Lipinski definition) is 4. The van der Waals surface area contributed by atoms with E-state index in [1.807, 2.05) is 5.51 Å². The molecule has 1 aliphatic heterocycles. The minimum Gasteiger partial charge on any atom is -0.381 e. The molecule has 0 amide bonds. The molecular formula is C9H14N2OS. The van der Waals surface area contributed by atoms with Crippen LogP contribution < -0.4 is 5.73 Å². The van der Waals surface area contributed by atoms with Gasteiger partial charge in [0.25, 0.3) is 0 Å². The number of thiazole rings is 1. The zero-order valence-electron chi connectivity index (χ0n) is 7.53. The molecule has 13 heavy (non-hydrogen) atoms. The molecule has 72 valence electrons. The first-order chi connectivity index (χ1) is 6.35. The lowest BCUT2D eigenvalue weighted by molar-refractivity contribution is 0.154. The number of ether oxygens (including phenoxy) is 1. The van der Waals surface area contributed by atoms with Gasteiger partial charge in [-0.25, -0.2) is 4.98 Å². The number of nitrogens with two attached hydrogens (primary N) is 1. The lowest BCUT2D eigenvalue weighted by Crippen LogP contribution is -2.33. The number of rotatable bonds is 3. The molecule has 0 spiro atoms. The van der Waals surface area contributed by atoms with E-state index in [0.29, 0.717) is 6.54 Å². The molecule has 0 saturated carbocycles. The van der Waals surface area contributed by atoms with E-state index in [0.717, 1.165) is 31.7 Å². The van der Waals surface area contributed by atoms with Crippen LogP contribution in [0.2, 0.25) is 0 Å². The molecule has 4 heteroatoms. The van der Waals surface area contributed by atoms with Crippen molar-refractivity contribution < 1.29 is 4.74 Å². The summed E-state index contributed by atoms with van der Waals surface area (Å²) in [5.41, 5.74) is 8.97. The standard InChI is InChI=1S/C9H14N2OS/c10-5-9(1-2-12-6-9)3-8-4-13-7-11-8/h4,7H,1-3,5-6,10H2. The Labute approximate surface area is 81.9 Å². The van der Waals surface area contributed by atoms with Crippen molar-refractivity contribution in [3.05, 3.63) is 16.6 Å². The Kier molecular flexibility index (Phi) is 2.62. The largest absolute Gasteiger partial charge is 0.381 e. The molecule has 0 aromatic carbocycles. The third kappa shape index (κ3) is 1.90. The predicted octanol–water partition coefficient (Wildman–Crippen LogP) is 1.05. The maximum Gasteiger partial charge on any atom is 0.0794 e. The van der Waals surface area contributed by atoms with Gasteiger partial charge in [-0.15, -0.1) is 11.3 Å². The van der Waals surface area contributed by atoms with Gasteiger partial charge in [0, 0.05) is 23.9 Å². The molecular weight excluding hydrogens is 184 g/mol. The average Bonchev–Trinajstić information content (AvgIpc) is 2.77. The van der Waals surface area contributed by atoms with Crippen LogP contribution in [0, 0.1) is 5.41 Å². The van der Waals surface area contributed by atoms with Crippen LogP contribution in [0.15, 0.2) is 10.9 Å². The van der Waals surface area contributed by atoms with Crippen LogP contribution in [0.3, 0.4) is 0 Å². The van der Waals surface area contributed by atoms with E-state index in [1.54, 1.807) is 11.3 Å². The second-order valence-corrected chi connectivity index (χ2v) is 4.38. The second kappa shape index (κ2) is 3.74. The minimum atomic E-state index is 0.161. The molecule has 1 atom stereocenters. The summed E-state index contributed by atoms with van der Waals surface area (Å²) in [6.45, 7) is 2.34. The van der Waals surface area contributed by atoms with Gasteiger partial charge in [0.1, 0.15) is 0 Å². The van der Waals surface area contributed by atoms with E-state index >= 15 is 0 Å². The average molecular weight is 198 g/mol. The van der Waals surface area contributed by atoms with E-state index in [9.17, 15) is 0 Å². The normalized spacial score (nSPS) is 28.1. The van der Waals surface area contributed by atoms with E-state index in [2.05, 4.69) is 10.4 Å². The Balaban J connectivity index is 2.06. The molecule has 1 aliphatic rings. The summed E-state index contributed by atoms with van der Waals surface area (Å²) in [4.78, 5) is 4.28. The van der Waals surface area contributed by atoms with Gasteiger partial charge in [-0.1, -0.05) is 0 Å². The SMILES string of the molecule is NCC1(Cc2cscn2)CCOC1. The van der Waals surface area contributed by atoms with Gasteiger partial charge in [0.2, 0.25) is 0 Å². The molecule has 1 aromatic rings. The summed E-state index contributed by atoms with van der Waals surface area (Å²) in [7, 11) is 0. The van der Waals surface area contributed by atoms with Crippen molar-refractivity contribution in [1.82, 2.24) is 4.98 Å². The number of nitrogens with zero attached hydrogens (tertiary/aromatic N) is 1. The molecule has 2 heterocycles. The third-order valence-corrected chi connectivity index (χ3v) is 3.29. The Hall–Kier alpha value is -0.450. The monoisotopic (exact) mass is 198 g/mol. The van der Waals surface area contributed by atoms with E-state index in [4.69, 9.17) is 10.5 Å². The second-order valence-electron chi connectivity index (χ2n) is 3.66. The van der Waals surface area contributed by atoms with E-state index in [-0.39, 0.29) is 5.41 Å². The Morgan fingerprint density at radius 3 is 3.15 bits per heavy atom. The van der Waals surface area contributed by atoms with Crippen molar-refractivity contribution in [2.45, 2.75) is 12.8 Å². The summed E-state index contributed by atoms with van der Waals surface area (Å²) >= 11 is 1.64. The maximum atomic E-state index is 5.78. The Bertz CT molecular complexity index is 255. The van der Waals surface area contributed by atoms with Gasteiger partial charge >= 0.3 is 0 Å². The predicted molar refractivity (Wildman–Crippen MR) is 52.7 cm³/mol. The molecule has 0 aliphatic carbocycles. The van der Waals surface area contributed by atoms with Gasteiger partial charge in [-0.2, -0.15) is 0 Å². The highest BCUT2D eigenvalue weighted by molar-refractivity contribution is 7.07. The zero-order chi connectivity index (χ0) is 9.15. The molecule has 1 unspecified atom stereocenters. The van der Waals surface area contributed by atoms with E-state index < -0.39 is 0 Å². The van der Waals surface area contributed by atoms with Crippen molar-refractivity contribution in [3.63, 3.8) is 0 Å². The Morgan fingerprint density at radius 2 is 2.62 bits per heavy atom. The van der Waals surface area contributed by atoms with Crippen LogP contribution in [0.5, 0.6) is 0 Å². The summed E-state index contributed by atoms with van der Waals surface area (Å²) in [6, 6.07) is 0. The summed E-state index contributed by atoms with van der Waals surface area (Å²) in [6.07, 6.45) is 2.04. The van der Waals surface area contributed by atoms with Gasteiger partial charge in [0.05, 0.1) is 17.8 Å². The molecule has 2 rings (SSSR count). The van der Waals surface area contributed by atoms with E-state index in [1.165, 1.54) is 0 Å². The van der Waals surface area contributed by atoms with Crippen LogP contribution in [-0.4, -0.2) is 24.7 Å². The fourth-order valence-electron chi connectivity index (χ4n) is 1.73. The van der Waals surface area contributed by atoms with Crippen molar-refractivity contribution >= 4 is 11.3 Å². The molecule has 2 N–H and O–H groups in total. The first kappa shape index (κ1) is 9.12. The summed E-state index contributed by atoms with van der Waals surface area (Å²) in [5.74, 6) is 0. The highest BCUT2D eigenvalue weighted by Gasteiger charge is 2.34. The van der Waals surface area contributed by atoms with Crippen molar-refractivity contribution in [1.29, 1.82) is 0 Å². The zero-order valence-corrected chi connectivity index (χ0v) is 8.35. The first-order valence-corrected chi connectivity index (χ1v) is 5.44.